The van der Waals surface area contributed by atoms with Crippen molar-refractivity contribution in [2.24, 2.45) is 5.92 Å². The second kappa shape index (κ2) is 6.06. The molecule has 2 bridgehead atoms. The number of nitrogens with one attached hydrogen (secondary N) is 2. The number of carbonyl (C=O) groups is 1. The zero-order chi connectivity index (χ0) is 14.8. The van der Waals surface area contributed by atoms with Gasteiger partial charge in [-0.25, -0.2) is 0 Å². The van der Waals surface area contributed by atoms with E-state index in [1.165, 1.54) is 12.1 Å². The standard InChI is InChI=1S/C17H25N3O/c1-3-20(4-2)14-8-5-12(6-9-14)19-17(21)15-11-13-7-10-16(15)18-13/h5-6,8-9,13,15-16,18H,3-4,7,10-11H2,1-2H3,(H,19,21). The van der Waals surface area contributed by atoms with Crippen LogP contribution in [0.4, 0.5) is 11.4 Å². The van der Waals surface area contributed by atoms with Gasteiger partial charge in [0, 0.05) is 36.5 Å². The summed E-state index contributed by atoms with van der Waals surface area (Å²) >= 11 is 0. The van der Waals surface area contributed by atoms with E-state index in [9.17, 15) is 4.79 Å². The van der Waals surface area contributed by atoms with Gasteiger partial charge in [0.25, 0.3) is 0 Å². The van der Waals surface area contributed by atoms with Crippen molar-refractivity contribution in [2.45, 2.75) is 45.2 Å². The SMILES string of the molecule is CCN(CC)c1ccc(NC(=O)C2CC3CCC2N3)cc1. The Labute approximate surface area is 126 Å². The van der Waals surface area contributed by atoms with Crippen LogP contribution in [0.25, 0.3) is 0 Å². The lowest BCUT2D eigenvalue weighted by Gasteiger charge is -2.22. The first kappa shape index (κ1) is 14.4. The number of rotatable bonds is 5. The molecule has 0 saturated carbocycles. The first-order chi connectivity index (χ1) is 10.2. The number of hydrogen-bond donors (Lipinski definition) is 2. The number of hydrogen-bond acceptors (Lipinski definition) is 3. The van der Waals surface area contributed by atoms with Crippen LogP contribution in [0, 0.1) is 5.92 Å². The fourth-order valence-corrected chi connectivity index (χ4v) is 3.69. The predicted octanol–water partition coefficient (Wildman–Crippen LogP) is 2.61. The van der Waals surface area contributed by atoms with Gasteiger partial charge in [-0.3, -0.25) is 4.79 Å². The van der Waals surface area contributed by atoms with Crippen molar-refractivity contribution in [3.8, 4) is 0 Å². The van der Waals surface area contributed by atoms with E-state index in [4.69, 9.17) is 0 Å². The molecule has 2 saturated heterocycles. The fraction of sp³-hybridized carbons (Fsp3) is 0.588. The molecule has 4 heteroatoms. The third-order valence-electron chi connectivity index (χ3n) is 4.90. The monoisotopic (exact) mass is 287 g/mol. The van der Waals surface area contributed by atoms with Gasteiger partial charge >= 0.3 is 0 Å². The van der Waals surface area contributed by atoms with Gasteiger partial charge in [-0.2, -0.15) is 0 Å². The summed E-state index contributed by atoms with van der Waals surface area (Å²) in [6.45, 7) is 6.31. The van der Waals surface area contributed by atoms with Gasteiger partial charge in [-0.05, 0) is 57.4 Å². The summed E-state index contributed by atoms with van der Waals surface area (Å²) < 4.78 is 0. The molecule has 1 aromatic rings. The molecule has 0 radical (unpaired) electrons. The first-order valence-electron chi connectivity index (χ1n) is 8.13. The van der Waals surface area contributed by atoms with E-state index in [-0.39, 0.29) is 11.8 Å². The third kappa shape index (κ3) is 2.91. The molecule has 3 unspecified atom stereocenters. The minimum absolute atomic E-state index is 0.145. The lowest BCUT2D eigenvalue weighted by atomic mass is 9.88. The largest absolute Gasteiger partial charge is 0.372 e. The Balaban J connectivity index is 1.61. The summed E-state index contributed by atoms with van der Waals surface area (Å²) in [7, 11) is 0. The highest BCUT2D eigenvalue weighted by atomic mass is 16.2. The van der Waals surface area contributed by atoms with E-state index in [2.05, 4.69) is 41.5 Å². The van der Waals surface area contributed by atoms with Gasteiger partial charge in [0.15, 0.2) is 0 Å². The van der Waals surface area contributed by atoms with Crippen molar-refractivity contribution in [2.75, 3.05) is 23.3 Å². The summed E-state index contributed by atoms with van der Waals surface area (Å²) in [5, 5.41) is 6.59. The van der Waals surface area contributed by atoms with E-state index in [1.54, 1.807) is 0 Å². The Morgan fingerprint density at radius 3 is 2.48 bits per heavy atom. The molecular formula is C17H25N3O. The number of anilines is 2. The Morgan fingerprint density at radius 2 is 1.95 bits per heavy atom. The quantitative estimate of drug-likeness (QED) is 0.875. The van der Waals surface area contributed by atoms with Crippen molar-refractivity contribution in [1.82, 2.24) is 5.32 Å². The third-order valence-corrected chi connectivity index (χ3v) is 4.90. The number of benzene rings is 1. The topological polar surface area (TPSA) is 44.4 Å². The molecule has 4 nitrogen and oxygen atoms in total. The van der Waals surface area contributed by atoms with Gasteiger partial charge in [-0.15, -0.1) is 0 Å². The van der Waals surface area contributed by atoms with Crippen molar-refractivity contribution in [1.29, 1.82) is 0 Å². The summed E-state index contributed by atoms with van der Waals surface area (Å²) in [6, 6.07) is 9.14. The maximum Gasteiger partial charge on any atom is 0.229 e. The van der Waals surface area contributed by atoms with Gasteiger partial charge in [-0.1, -0.05) is 0 Å². The summed E-state index contributed by atoms with van der Waals surface area (Å²) in [6.07, 6.45) is 3.37. The molecule has 1 amide bonds. The highest BCUT2D eigenvalue weighted by Crippen LogP contribution is 2.34. The highest BCUT2D eigenvalue weighted by molar-refractivity contribution is 5.93. The van der Waals surface area contributed by atoms with E-state index in [1.807, 2.05) is 12.1 Å². The second-order valence-electron chi connectivity index (χ2n) is 6.10. The summed E-state index contributed by atoms with van der Waals surface area (Å²) in [5.41, 5.74) is 2.11. The average Bonchev–Trinajstić information content (AvgIpc) is 3.13. The van der Waals surface area contributed by atoms with Crippen LogP contribution in [-0.4, -0.2) is 31.1 Å². The average molecular weight is 287 g/mol. The molecule has 114 valence electrons. The van der Waals surface area contributed by atoms with Crippen LogP contribution in [0.5, 0.6) is 0 Å². The van der Waals surface area contributed by atoms with Crippen molar-refractivity contribution >= 4 is 17.3 Å². The van der Waals surface area contributed by atoms with Gasteiger partial charge in [0.05, 0.1) is 5.92 Å². The lowest BCUT2D eigenvalue weighted by molar-refractivity contribution is -0.120. The molecule has 2 fully saturated rings. The van der Waals surface area contributed by atoms with Crippen LogP contribution < -0.4 is 15.5 Å². The molecule has 2 N–H and O–H groups in total. The smallest absolute Gasteiger partial charge is 0.229 e. The van der Waals surface area contributed by atoms with Crippen LogP contribution >= 0.6 is 0 Å². The molecule has 3 rings (SSSR count). The first-order valence-corrected chi connectivity index (χ1v) is 8.13. The van der Waals surface area contributed by atoms with Crippen LogP contribution in [0.15, 0.2) is 24.3 Å². The van der Waals surface area contributed by atoms with E-state index in [0.29, 0.717) is 12.1 Å². The lowest BCUT2D eigenvalue weighted by Crippen LogP contribution is -2.32. The predicted molar refractivity (Wildman–Crippen MR) is 86.7 cm³/mol. The van der Waals surface area contributed by atoms with Gasteiger partial charge in [0.2, 0.25) is 5.91 Å². The van der Waals surface area contributed by atoms with Crippen molar-refractivity contribution < 1.29 is 4.79 Å². The highest BCUT2D eigenvalue weighted by Gasteiger charge is 2.42. The summed E-state index contributed by atoms with van der Waals surface area (Å²) in [5.74, 6) is 0.316. The van der Waals surface area contributed by atoms with E-state index >= 15 is 0 Å². The van der Waals surface area contributed by atoms with E-state index < -0.39 is 0 Å². The van der Waals surface area contributed by atoms with Crippen LogP contribution in [-0.2, 0) is 4.79 Å². The molecule has 2 aliphatic heterocycles. The van der Waals surface area contributed by atoms with Gasteiger partial charge < -0.3 is 15.5 Å². The second-order valence-corrected chi connectivity index (χ2v) is 6.10. The summed E-state index contributed by atoms with van der Waals surface area (Å²) in [4.78, 5) is 14.7. The molecule has 2 aliphatic rings. The minimum Gasteiger partial charge on any atom is -0.372 e. The zero-order valence-corrected chi connectivity index (χ0v) is 12.9. The van der Waals surface area contributed by atoms with Crippen LogP contribution in [0.3, 0.4) is 0 Å². The molecule has 21 heavy (non-hydrogen) atoms. The number of amides is 1. The normalized spacial score (nSPS) is 26.9. The zero-order valence-electron chi connectivity index (χ0n) is 12.9. The Kier molecular flexibility index (Phi) is 4.15. The Bertz CT molecular complexity index is 495. The Hall–Kier alpha value is -1.55. The maximum absolute atomic E-state index is 12.4. The molecule has 0 aromatic heterocycles. The van der Waals surface area contributed by atoms with E-state index in [0.717, 1.165) is 31.6 Å². The molecule has 0 spiro atoms. The molecule has 1 aromatic carbocycles. The number of fused-ring (bicyclic) bond motifs is 2. The van der Waals surface area contributed by atoms with Crippen LogP contribution in [0.2, 0.25) is 0 Å². The molecule has 0 aliphatic carbocycles. The minimum atomic E-state index is 0.145. The maximum atomic E-state index is 12.4. The number of carbonyl (C=O) groups excluding carboxylic acids is 1. The fourth-order valence-electron chi connectivity index (χ4n) is 3.69. The van der Waals surface area contributed by atoms with Crippen LogP contribution in [0.1, 0.15) is 33.1 Å². The Morgan fingerprint density at radius 1 is 1.24 bits per heavy atom. The number of nitrogens with zero attached hydrogens (tertiary/aromatic N) is 1. The molecular weight excluding hydrogens is 262 g/mol. The molecule has 3 atom stereocenters. The molecule has 2 heterocycles. The van der Waals surface area contributed by atoms with Gasteiger partial charge in [0.1, 0.15) is 0 Å². The van der Waals surface area contributed by atoms with Crippen molar-refractivity contribution in [3.05, 3.63) is 24.3 Å². The van der Waals surface area contributed by atoms with Crippen molar-refractivity contribution in [3.63, 3.8) is 0 Å².